The second-order valence-electron chi connectivity index (χ2n) is 6.09. The van der Waals surface area contributed by atoms with Gasteiger partial charge in [0.25, 0.3) is 0 Å². The van der Waals surface area contributed by atoms with E-state index in [1.54, 1.807) is 0 Å². The van der Waals surface area contributed by atoms with Gasteiger partial charge >= 0.3 is 5.97 Å². The minimum atomic E-state index is -0.407. The van der Waals surface area contributed by atoms with Crippen LogP contribution in [0.5, 0.6) is 0 Å². The highest BCUT2D eigenvalue weighted by Crippen LogP contribution is 2.15. The van der Waals surface area contributed by atoms with E-state index in [0.29, 0.717) is 12.5 Å². The molecule has 3 heteroatoms. The topological polar surface area (TPSA) is 38.3 Å². The molecule has 1 unspecified atom stereocenters. The molecule has 1 atom stereocenters. The van der Waals surface area contributed by atoms with E-state index in [0.717, 1.165) is 19.4 Å². The summed E-state index contributed by atoms with van der Waals surface area (Å²) in [5.41, 5.74) is -0.407. The Hall–Kier alpha value is -0.570. The Kier molecular flexibility index (Phi) is 7.44. The number of hydrogen-bond donors (Lipinski definition) is 1. The zero-order chi connectivity index (χ0) is 13.5. The van der Waals surface area contributed by atoms with Crippen molar-refractivity contribution in [1.29, 1.82) is 0 Å². The standard InChI is InChI=1S/C14H29NO2/c1-7-12(15-9-8-11(2)3)10-17-13(16)14(4,5)6/h11-12,15H,7-10H2,1-6H3. The fraction of sp³-hybridized carbons (Fsp3) is 0.929. The van der Waals surface area contributed by atoms with Crippen LogP contribution in [0.3, 0.4) is 0 Å². The molecule has 0 amide bonds. The average molecular weight is 243 g/mol. The SMILES string of the molecule is CCC(COC(=O)C(C)(C)C)NCCC(C)C. The third kappa shape index (κ3) is 8.19. The fourth-order valence-electron chi connectivity index (χ4n) is 1.29. The molecule has 1 N–H and O–H groups in total. The fourth-order valence-corrected chi connectivity index (χ4v) is 1.29. The van der Waals surface area contributed by atoms with Gasteiger partial charge < -0.3 is 10.1 Å². The first-order valence-corrected chi connectivity index (χ1v) is 6.68. The summed E-state index contributed by atoms with van der Waals surface area (Å²) in [6.45, 7) is 13.6. The zero-order valence-electron chi connectivity index (χ0n) is 12.3. The molecule has 0 bridgehead atoms. The van der Waals surface area contributed by atoms with Crippen LogP contribution >= 0.6 is 0 Å². The zero-order valence-corrected chi connectivity index (χ0v) is 12.3. The van der Waals surface area contributed by atoms with E-state index in [9.17, 15) is 4.79 Å². The Morgan fingerprint density at radius 2 is 1.88 bits per heavy atom. The molecule has 0 aliphatic heterocycles. The lowest BCUT2D eigenvalue weighted by molar-refractivity contribution is -0.153. The van der Waals surface area contributed by atoms with Crippen molar-refractivity contribution in [3.63, 3.8) is 0 Å². The molecule has 0 rings (SSSR count). The highest BCUT2D eigenvalue weighted by molar-refractivity contribution is 5.75. The third-order valence-corrected chi connectivity index (χ3v) is 2.68. The maximum atomic E-state index is 11.6. The maximum absolute atomic E-state index is 11.6. The summed E-state index contributed by atoms with van der Waals surface area (Å²) in [5.74, 6) is 0.582. The second-order valence-corrected chi connectivity index (χ2v) is 6.09. The lowest BCUT2D eigenvalue weighted by atomic mass is 9.97. The van der Waals surface area contributed by atoms with E-state index in [2.05, 4.69) is 26.1 Å². The van der Waals surface area contributed by atoms with Gasteiger partial charge in [0.15, 0.2) is 0 Å². The number of carbonyl (C=O) groups is 1. The summed E-state index contributed by atoms with van der Waals surface area (Å²) < 4.78 is 5.32. The number of ether oxygens (including phenoxy) is 1. The molecule has 0 radical (unpaired) electrons. The van der Waals surface area contributed by atoms with Crippen LogP contribution in [0.15, 0.2) is 0 Å². The number of esters is 1. The molecule has 0 fully saturated rings. The van der Waals surface area contributed by atoms with Gasteiger partial charge in [-0.25, -0.2) is 0 Å². The Morgan fingerprint density at radius 3 is 2.29 bits per heavy atom. The first-order valence-electron chi connectivity index (χ1n) is 6.68. The lowest BCUT2D eigenvalue weighted by Gasteiger charge is -2.21. The van der Waals surface area contributed by atoms with E-state index in [4.69, 9.17) is 4.74 Å². The first kappa shape index (κ1) is 16.4. The molecule has 3 nitrogen and oxygen atoms in total. The molecule has 0 aromatic carbocycles. The molecule has 0 aliphatic rings. The Labute approximate surface area is 106 Å². The number of hydrogen-bond acceptors (Lipinski definition) is 3. The molecule has 0 aliphatic carbocycles. The Bertz CT molecular complexity index is 219. The highest BCUT2D eigenvalue weighted by Gasteiger charge is 2.23. The summed E-state index contributed by atoms with van der Waals surface area (Å²) in [6, 6.07) is 0.278. The van der Waals surface area contributed by atoms with Crippen LogP contribution in [0.1, 0.15) is 54.4 Å². The Morgan fingerprint density at radius 1 is 1.29 bits per heavy atom. The summed E-state index contributed by atoms with van der Waals surface area (Å²) in [4.78, 5) is 11.6. The van der Waals surface area contributed by atoms with Gasteiger partial charge in [-0.3, -0.25) is 4.79 Å². The Balaban J connectivity index is 3.86. The van der Waals surface area contributed by atoms with Gasteiger partial charge in [-0.1, -0.05) is 20.8 Å². The van der Waals surface area contributed by atoms with Crippen LogP contribution in [0.4, 0.5) is 0 Å². The predicted octanol–water partition coefficient (Wildman–Crippen LogP) is 2.99. The molecule has 0 saturated heterocycles. The van der Waals surface area contributed by atoms with Crippen molar-refractivity contribution >= 4 is 5.97 Å². The first-order chi connectivity index (χ1) is 7.77. The molecule has 0 heterocycles. The summed E-state index contributed by atoms with van der Waals surface area (Å²) in [5, 5.41) is 3.43. The van der Waals surface area contributed by atoms with E-state index in [1.165, 1.54) is 0 Å². The van der Waals surface area contributed by atoms with Gasteiger partial charge in [0, 0.05) is 6.04 Å². The summed E-state index contributed by atoms with van der Waals surface area (Å²) in [6.07, 6.45) is 2.14. The van der Waals surface area contributed by atoms with Crippen LogP contribution in [-0.4, -0.2) is 25.2 Å². The van der Waals surface area contributed by atoms with E-state index < -0.39 is 5.41 Å². The van der Waals surface area contributed by atoms with Crippen molar-refractivity contribution in [2.24, 2.45) is 11.3 Å². The van der Waals surface area contributed by atoms with Gasteiger partial charge in [0.1, 0.15) is 6.61 Å². The van der Waals surface area contributed by atoms with Gasteiger partial charge in [-0.15, -0.1) is 0 Å². The predicted molar refractivity (Wildman–Crippen MR) is 72.0 cm³/mol. The van der Waals surface area contributed by atoms with Crippen LogP contribution in [0.2, 0.25) is 0 Å². The van der Waals surface area contributed by atoms with Gasteiger partial charge in [-0.2, -0.15) is 0 Å². The van der Waals surface area contributed by atoms with Crippen molar-refractivity contribution < 1.29 is 9.53 Å². The van der Waals surface area contributed by atoms with Crippen LogP contribution in [0, 0.1) is 11.3 Å². The van der Waals surface area contributed by atoms with E-state index in [1.807, 2.05) is 20.8 Å². The normalized spacial score (nSPS) is 13.8. The van der Waals surface area contributed by atoms with Crippen molar-refractivity contribution in [2.45, 2.75) is 60.4 Å². The molecular formula is C14H29NO2. The van der Waals surface area contributed by atoms with Crippen LogP contribution in [0.25, 0.3) is 0 Å². The largest absolute Gasteiger partial charge is 0.464 e. The van der Waals surface area contributed by atoms with Crippen molar-refractivity contribution in [2.75, 3.05) is 13.2 Å². The van der Waals surface area contributed by atoms with Crippen molar-refractivity contribution in [3.05, 3.63) is 0 Å². The van der Waals surface area contributed by atoms with Crippen molar-refractivity contribution in [3.8, 4) is 0 Å². The lowest BCUT2D eigenvalue weighted by Crippen LogP contribution is -2.36. The molecule has 0 aromatic heterocycles. The summed E-state index contributed by atoms with van der Waals surface area (Å²) in [7, 11) is 0. The monoisotopic (exact) mass is 243 g/mol. The quantitative estimate of drug-likeness (QED) is 0.699. The number of carbonyl (C=O) groups excluding carboxylic acids is 1. The molecule has 17 heavy (non-hydrogen) atoms. The minimum Gasteiger partial charge on any atom is -0.464 e. The van der Waals surface area contributed by atoms with Crippen molar-refractivity contribution in [1.82, 2.24) is 5.32 Å². The molecule has 0 saturated carbocycles. The second kappa shape index (κ2) is 7.70. The summed E-state index contributed by atoms with van der Waals surface area (Å²) >= 11 is 0. The van der Waals surface area contributed by atoms with Crippen LogP contribution < -0.4 is 5.32 Å². The minimum absolute atomic E-state index is 0.124. The van der Waals surface area contributed by atoms with Gasteiger partial charge in [0.05, 0.1) is 5.41 Å². The highest BCUT2D eigenvalue weighted by atomic mass is 16.5. The van der Waals surface area contributed by atoms with Gasteiger partial charge in [0.2, 0.25) is 0 Å². The molecule has 102 valence electrons. The molecule has 0 aromatic rings. The maximum Gasteiger partial charge on any atom is 0.311 e. The van der Waals surface area contributed by atoms with Gasteiger partial charge in [-0.05, 0) is 46.1 Å². The molecular weight excluding hydrogens is 214 g/mol. The smallest absolute Gasteiger partial charge is 0.311 e. The van der Waals surface area contributed by atoms with E-state index >= 15 is 0 Å². The molecule has 0 spiro atoms. The number of rotatable bonds is 7. The number of nitrogens with one attached hydrogen (secondary N) is 1. The van der Waals surface area contributed by atoms with E-state index in [-0.39, 0.29) is 12.0 Å². The average Bonchev–Trinajstić information content (AvgIpc) is 2.20. The van der Waals surface area contributed by atoms with Crippen LogP contribution in [-0.2, 0) is 9.53 Å². The third-order valence-electron chi connectivity index (χ3n) is 2.68.